The van der Waals surface area contributed by atoms with Gasteiger partial charge in [0, 0.05) is 12.0 Å². The molecule has 1 aliphatic carbocycles. The Morgan fingerprint density at radius 2 is 1.89 bits per heavy atom. The maximum atomic E-state index is 14.7. The summed E-state index contributed by atoms with van der Waals surface area (Å²) >= 11 is 0. The van der Waals surface area contributed by atoms with Gasteiger partial charge in [-0.1, -0.05) is 37.1 Å². The van der Waals surface area contributed by atoms with Crippen LogP contribution in [0.4, 0.5) is 4.39 Å². The van der Waals surface area contributed by atoms with Crippen molar-refractivity contribution in [1.29, 1.82) is 0 Å². The Labute approximate surface area is 164 Å². The lowest BCUT2D eigenvalue weighted by molar-refractivity contribution is -0.142. The van der Waals surface area contributed by atoms with E-state index in [0.29, 0.717) is 34.8 Å². The minimum atomic E-state index is -0.545. The Bertz CT molecular complexity index is 855. The van der Waals surface area contributed by atoms with Gasteiger partial charge in [-0.05, 0) is 55.0 Å². The van der Waals surface area contributed by atoms with Crippen LogP contribution in [-0.2, 0) is 14.3 Å². The molecular formula is C23H25FO4. The second-order valence-electron chi connectivity index (χ2n) is 7.34. The highest BCUT2D eigenvalue weighted by Gasteiger charge is 2.20. The van der Waals surface area contributed by atoms with Crippen molar-refractivity contribution in [2.24, 2.45) is 5.92 Å². The monoisotopic (exact) mass is 384 g/mol. The lowest BCUT2D eigenvalue weighted by Gasteiger charge is -2.12. The maximum absolute atomic E-state index is 14.7. The van der Waals surface area contributed by atoms with Crippen molar-refractivity contribution in [1.82, 2.24) is 0 Å². The fourth-order valence-electron chi connectivity index (χ4n) is 3.70. The number of benzene rings is 2. The Kier molecular flexibility index (Phi) is 6.45. The zero-order chi connectivity index (χ0) is 20.1. The van der Waals surface area contributed by atoms with Gasteiger partial charge >= 0.3 is 11.9 Å². The van der Waals surface area contributed by atoms with Gasteiger partial charge in [0.05, 0.1) is 13.0 Å². The first-order valence-corrected chi connectivity index (χ1v) is 9.66. The van der Waals surface area contributed by atoms with Crippen molar-refractivity contribution in [3.05, 3.63) is 53.8 Å². The van der Waals surface area contributed by atoms with Crippen LogP contribution in [0.2, 0.25) is 0 Å². The molecule has 2 aromatic rings. The van der Waals surface area contributed by atoms with Crippen molar-refractivity contribution in [3.8, 4) is 16.9 Å². The van der Waals surface area contributed by atoms with E-state index in [4.69, 9.17) is 9.47 Å². The van der Waals surface area contributed by atoms with Gasteiger partial charge in [-0.15, -0.1) is 0 Å². The second-order valence-corrected chi connectivity index (χ2v) is 7.34. The molecule has 3 rings (SSSR count). The number of methoxy groups -OCH3 is 1. The van der Waals surface area contributed by atoms with E-state index >= 15 is 0 Å². The summed E-state index contributed by atoms with van der Waals surface area (Å²) in [7, 11) is 1.31. The molecule has 1 aliphatic rings. The molecule has 0 saturated heterocycles. The lowest BCUT2D eigenvalue weighted by Crippen LogP contribution is -2.12. The number of carbonyl (C=O) groups is 2. The average Bonchev–Trinajstić information content (AvgIpc) is 3.19. The number of halogens is 1. The number of hydrogen-bond donors (Lipinski definition) is 0. The summed E-state index contributed by atoms with van der Waals surface area (Å²) < 4.78 is 24.8. The minimum absolute atomic E-state index is 0.244. The smallest absolute Gasteiger partial charge is 0.312 e. The molecule has 5 heteroatoms. The van der Waals surface area contributed by atoms with E-state index in [9.17, 15) is 14.0 Å². The molecule has 148 valence electrons. The SMILES string of the molecule is COC(=O)C(C)c1ccc(-c2cccc(OC(=O)CC3CCCC3)c2)c(F)c1. The predicted octanol–water partition coefficient (Wildman–Crippen LogP) is 5.25. The Hall–Kier alpha value is -2.69. The maximum Gasteiger partial charge on any atom is 0.312 e. The zero-order valence-corrected chi connectivity index (χ0v) is 16.2. The van der Waals surface area contributed by atoms with Crippen molar-refractivity contribution in [3.63, 3.8) is 0 Å². The molecule has 0 aliphatic heterocycles. The molecule has 0 bridgehead atoms. The summed E-state index contributed by atoms with van der Waals surface area (Å²) in [6.07, 6.45) is 4.95. The van der Waals surface area contributed by atoms with E-state index in [1.54, 1.807) is 43.3 Å². The molecule has 1 fully saturated rings. The Morgan fingerprint density at radius 1 is 1.14 bits per heavy atom. The van der Waals surface area contributed by atoms with Crippen LogP contribution in [-0.4, -0.2) is 19.0 Å². The number of hydrogen-bond acceptors (Lipinski definition) is 4. The van der Waals surface area contributed by atoms with E-state index in [-0.39, 0.29) is 5.97 Å². The standard InChI is InChI=1S/C23H25FO4/c1-15(23(26)27-2)17-10-11-20(21(24)14-17)18-8-5-9-19(13-18)28-22(25)12-16-6-3-4-7-16/h5,8-11,13-16H,3-4,6-7,12H2,1-2H3. The van der Waals surface area contributed by atoms with Gasteiger partial charge in [0.25, 0.3) is 0 Å². The van der Waals surface area contributed by atoms with Crippen LogP contribution in [0.1, 0.15) is 50.5 Å². The highest BCUT2D eigenvalue weighted by molar-refractivity contribution is 5.78. The normalized spacial score (nSPS) is 15.2. The van der Waals surface area contributed by atoms with Crippen LogP contribution >= 0.6 is 0 Å². The average molecular weight is 384 g/mol. The summed E-state index contributed by atoms with van der Waals surface area (Å²) in [4.78, 5) is 23.8. The molecular weight excluding hydrogens is 359 g/mol. The van der Waals surface area contributed by atoms with Crippen LogP contribution in [0, 0.1) is 11.7 Å². The fourth-order valence-corrected chi connectivity index (χ4v) is 3.70. The van der Waals surface area contributed by atoms with Gasteiger partial charge in [-0.3, -0.25) is 9.59 Å². The van der Waals surface area contributed by atoms with Gasteiger partial charge in [0.2, 0.25) is 0 Å². The van der Waals surface area contributed by atoms with E-state index < -0.39 is 17.7 Å². The van der Waals surface area contributed by atoms with Gasteiger partial charge in [0.1, 0.15) is 11.6 Å². The van der Waals surface area contributed by atoms with Crippen LogP contribution in [0.15, 0.2) is 42.5 Å². The van der Waals surface area contributed by atoms with Crippen molar-refractivity contribution < 1.29 is 23.5 Å². The molecule has 1 unspecified atom stereocenters. The molecule has 0 heterocycles. The van der Waals surface area contributed by atoms with Crippen molar-refractivity contribution in [2.45, 2.75) is 44.9 Å². The molecule has 0 aromatic heterocycles. The number of carbonyl (C=O) groups excluding carboxylic acids is 2. The molecule has 0 radical (unpaired) electrons. The molecule has 1 atom stereocenters. The molecule has 0 N–H and O–H groups in total. The summed E-state index contributed by atoms with van der Waals surface area (Å²) in [6, 6.07) is 11.5. The van der Waals surface area contributed by atoms with E-state index in [1.165, 1.54) is 26.0 Å². The number of esters is 2. The van der Waals surface area contributed by atoms with Crippen LogP contribution in [0.25, 0.3) is 11.1 Å². The predicted molar refractivity (Wildman–Crippen MR) is 104 cm³/mol. The minimum Gasteiger partial charge on any atom is -0.469 e. The van der Waals surface area contributed by atoms with Crippen LogP contribution in [0.5, 0.6) is 5.75 Å². The van der Waals surface area contributed by atoms with Crippen LogP contribution < -0.4 is 4.74 Å². The van der Waals surface area contributed by atoms with Gasteiger partial charge in [0.15, 0.2) is 0 Å². The fraction of sp³-hybridized carbons (Fsp3) is 0.391. The lowest BCUT2D eigenvalue weighted by atomic mass is 9.97. The van der Waals surface area contributed by atoms with E-state index in [0.717, 1.165) is 12.8 Å². The largest absolute Gasteiger partial charge is 0.469 e. The highest BCUT2D eigenvalue weighted by Crippen LogP contribution is 2.31. The molecule has 4 nitrogen and oxygen atoms in total. The highest BCUT2D eigenvalue weighted by atomic mass is 19.1. The molecule has 2 aromatic carbocycles. The first-order valence-electron chi connectivity index (χ1n) is 9.66. The van der Waals surface area contributed by atoms with Gasteiger partial charge in [-0.25, -0.2) is 4.39 Å². The molecule has 0 spiro atoms. The van der Waals surface area contributed by atoms with Gasteiger partial charge in [-0.2, -0.15) is 0 Å². The number of rotatable bonds is 6. The third kappa shape index (κ3) is 4.77. The summed E-state index contributed by atoms with van der Waals surface area (Å²) in [5, 5.41) is 0. The summed E-state index contributed by atoms with van der Waals surface area (Å²) in [5.74, 6) is -0.821. The quantitative estimate of drug-likeness (QED) is 0.504. The topological polar surface area (TPSA) is 52.6 Å². The van der Waals surface area contributed by atoms with Crippen molar-refractivity contribution in [2.75, 3.05) is 7.11 Å². The zero-order valence-electron chi connectivity index (χ0n) is 16.2. The van der Waals surface area contributed by atoms with E-state index in [2.05, 4.69) is 0 Å². The summed E-state index contributed by atoms with van der Waals surface area (Å²) in [5.41, 5.74) is 1.54. The Morgan fingerprint density at radius 3 is 2.57 bits per heavy atom. The second kappa shape index (κ2) is 9.00. The van der Waals surface area contributed by atoms with Gasteiger partial charge < -0.3 is 9.47 Å². The Balaban J connectivity index is 1.74. The molecule has 28 heavy (non-hydrogen) atoms. The first kappa shape index (κ1) is 20.1. The molecule has 1 saturated carbocycles. The van der Waals surface area contributed by atoms with Crippen LogP contribution in [0.3, 0.4) is 0 Å². The third-order valence-electron chi connectivity index (χ3n) is 5.35. The van der Waals surface area contributed by atoms with Crippen molar-refractivity contribution >= 4 is 11.9 Å². The number of ether oxygens (including phenoxy) is 2. The first-order chi connectivity index (χ1) is 13.5. The summed E-state index contributed by atoms with van der Waals surface area (Å²) in [6.45, 7) is 1.67. The van der Waals surface area contributed by atoms with E-state index in [1.807, 2.05) is 0 Å². The third-order valence-corrected chi connectivity index (χ3v) is 5.35. The molecule has 0 amide bonds.